The summed E-state index contributed by atoms with van der Waals surface area (Å²) in [6.45, 7) is 2.33. The molecule has 1 atom stereocenters. The van der Waals surface area contributed by atoms with Crippen LogP contribution in [0.4, 0.5) is 10.5 Å². The Bertz CT molecular complexity index is 524. The first-order chi connectivity index (χ1) is 11.0. The van der Waals surface area contributed by atoms with Gasteiger partial charge in [0.15, 0.2) is 0 Å². The minimum Gasteiger partial charge on any atom is -0.493 e. The molecule has 1 aliphatic rings. The Morgan fingerprint density at radius 1 is 1.22 bits per heavy atom. The first kappa shape index (κ1) is 17.1. The van der Waals surface area contributed by atoms with E-state index < -0.39 is 12.1 Å². The van der Waals surface area contributed by atoms with Crippen LogP contribution >= 0.6 is 0 Å². The number of nitrogens with one attached hydrogen (secondary N) is 2. The van der Waals surface area contributed by atoms with Gasteiger partial charge in [-0.25, -0.2) is 4.79 Å². The van der Waals surface area contributed by atoms with Gasteiger partial charge in [-0.05, 0) is 49.9 Å². The van der Waals surface area contributed by atoms with Crippen molar-refractivity contribution in [3.05, 3.63) is 24.3 Å². The average Bonchev–Trinajstić information content (AvgIpc) is 2.54. The van der Waals surface area contributed by atoms with Crippen molar-refractivity contribution >= 4 is 17.6 Å². The molecular formula is C17H25N3O3. The molecule has 23 heavy (non-hydrogen) atoms. The summed E-state index contributed by atoms with van der Waals surface area (Å²) in [4.78, 5) is 22.6. The summed E-state index contributed by atoms with van der Waals surface area (Å²) in [5, 5.41) is 5.05. The van der Waals surface area contributed by atoms with Crippen molar-refractivity contribution in [1.29, 1.82) is 0 Å². The number of benzene rings is 1. The number of rotatable bonds is 6. The first-order valence-corrected chi connectivity index (χ1v) is 8.14. The molecular weight excluding hydrogens is 294 g/mol. The SMILES string of the molecule is C[C@H](NC(N)=O)C(=O)Nc1ccc(OCC2CCCCC2)cc1. The van der Waals surface area contributed by atoms with E-state index in [1.165, 1.54) is 32.1 Å². The van der Waals surface area contributed by atoms with Crippen LogP contribution in [0.15, 0.2) is 24.3 Å². The maximum atomic E-state index is 11.9. The number of carbonyl (C=O) groups excluding carboxylic acids is 2. The summed E-state index contributed by atoms with van der Waals surface area (Å²) in [5.41, 5.74) is 5.64. The van der Waals surface area contributed by atoms with Gasteiger partial charge in [0.2, 0.25) is 5.91 Å². The van der Waals surface area contributed by atoms with E-state index in [0.29, 0.717) is 11.6 Å². The van der Waals surface area contributed by atoms with Crippen LogP contribution in [-0.4, -0.2) is 24.6 Å². The number of hydrogen-bond acceptors (Lipinski definition) is 3. The van der Waals surface area contributed by atoms with Gasteiger partial charge in [0.05, 0.1) is 6.61 Å². The quantitative estimate of drug-likeness (QED) is 0.752. The highest BCUT2D eigenvalue weighted by Crippen LogP contribution is 2.25. The molecule has 1 aliphatic carbocycles. The Morgan fingerprint density at radius 3 is 2.48 bits per heavy atom. The molecule has 0 saturated heterocycles. The minimum atomic E-state index is -0.723. The average molecular weight is 319 g/mol. The molecule has 0 unspecified atom stereocenters. The normalized spacial score (nSPS) is 16.4. The molecule has 1 saturated carbocycles. The van der Waals surface area contributed by atoms with Gasteiger partial charge in [-0.2, -0.15) is 0 Å². The van der Waals surface area contributed by atoms with Crippen LogP contribution in [-0.2, 0) is 4.79 Å². The van der Waals surface area contributed by atoms with Crippen molar-refractivity contribution in [1.82, 2.24) is 5.32 Å². The van der Waals surface area contributed by atoms with E-state index in [-0.39, 0.29) is 5.91 Å². The summed E-state index contributed by atoms with van der Waals surface area (Å²) < 4.78 is 5.82. The summed E-state index contributed by atoms with van der Waals surface area (Å²) >= 11 is 0. The third kappa shape index (κ3) is 5.81. The number of carbonyl (C=O) groups is 2. The number of urea groups is 1. The zero-order valence-electron chi connectivity index (χ0n) is 13.5. The zero-order valence-corrected chi connectivity index (χ0v) is 13.5. The van der Waals surface area contributed by atoms with Gasteiger partial charge < -0.3 is 21.1 Å². The lowest BCUT2D eigenvalue weighted by atomic mass is 9.90. The lowest BCUT2D eigenvalue weighted by Gasteiger charge is -2.21. The highest BCUT2D eigenvalue weighted by atomic mass is 16.5. The Balaban J connectivity index is 1.79. The lowest BCUT2D eigenvalue weighted by molar-refractivity contribution is -0.117. The number of anilines is 1. The van der Waals surface area contributed by atoms with Gasteiger partial charge in [-0.3, -0.25) is 4.79 Å². The molecule has 1 aromatic carbocycles. The maximum absolute atomic E-state index is 11.9. The third-order valence-corrected chi connectivity index (χ3v) is 4.08. The molecule has 0 spiro atoms. The molecule has 6 heteroatoms. The second-order valence-electron chi connectivity index (χ2n) is 6.06. The second-order valence-corrected chi connectivity index (χ2v) is 6.06. The summed E-state index contributed by atoms with van der Waals surface area (Å²) in [6.07, 6.45) is 6.44. The Labute approximate surface area is 136 Å². The van der Waals surface area contributed by atoms with Gasteiger partial charge in [0, 0.05) is 5.69 Å². The molecule has 1 aromatic rings. The second kappa shape index (κ2) is 8.41. The van der Waals surface area contributed by atoms with Crippen LogP contribution < -0.4 is 21.1 Å². The van der Waals surface area contributed by atoms with E-state index in [9.17, 15) is 9.59 Å². The van der Waals surface area contributed by atoms with E-state index in [4.69, 9.17) is 10.5 Å². The van der Waals surface area contributed by atoms with E-state index in [2.05, 4.69) is 10.6 Å². The summed E-state index contributed by atoms with van der Waals surface area (Å²) in [5.74, 6) is 1.14. The lowest BCUT2D eigenvalue weighted by Crippen LogP contribution is -2.44. The fraction of sp³-hybridized carbons (Fsp3) is 0.529. The molecule has 0 aromatic heterocycles. The van der Waals surface area contributed by atoms with Crippen molar-refractivity contribution in [2.45, 2.75) is 45.1 Å². The summed E-state index contributed by atoms with van der Waals surface area (Å²) in [7, 11) is 0. The smallest absolute Gasteiger partial charge is 0.312 e. The Kier molecular flexibility index (Phi) is 6.26. The molecule has 0 aliphatic heterocycles. The topological polar surface area (TPSA) is 93.5 Å². The highest BCUT2D eigenvalue weighted by molar-refractivity contribution is 5.96. The van der Waals surface area contributed by atoms with Gasteiger partial charge in [0.1, 0.15) is 11.8 Å². The van der Waals surface area contributed by atoms with Crippen LogP contribution in [0, 0.1) is 5.92 Å². The van der Waals surface area contributed by atoms with Gasteiger partial charge in [0.25, 0.3) is 0 Å². The largest absolute Gasteiger partial charge is 0.493 e. The van der Waals surface area contributed by atoms with Crippen molar-refractivity contribution in [3.8, 4) is 5.75 Å². The molecule has 4 N–H and O–H groups in total. The fourth-order valence-corrected chi connectivity index (χ4v) is 2.73. The van der Waals surface area contributed by atoms with Gasteiger partial charge in [-0.1, -0.05) is 19.3 Å². The third-order valence-electron chi connectivity index (χ3n) is 4.08. The van der Waals surface area contributed by atoms with E-state index in [1.54, 1.807) is 19.1 Å². The Hall–Kier alpha value is -2.24. The number of hydrogen-bond donors (Lipinski definition) is 3. The predicted octanol–water partition coefficient (Wildman–Crippen LogP) is 2.64. The van der Waals surface area contributed by atoms with E-state index in [1.807, 2.05) is 12.1 Å². The van der Waals surface area contributed by atoms with Crippen molar-refractivity contribution in [2.24, 2.45) is 11.7 Å². The minimum absolute atomic E-state index is 0.320. The van der Waals surface area contributed by atoms with Crippen LogP contribution in [0.1, 0.15) is 39.0 Å². The number of primary amides is 1. The van der Waals surface area contributed by atoms with Gasteiger partial charge >= 0.3 is 6.03 Å². The predicted molar refractivity (Wildman–Crippen MR) is 89.3 cm³/mol. The molecule has 2 rings (SSSR count). The molecule has 3 amide bonds. The maximum Gasteiger partial charge on any atom is 0.312 e. The molecule has 1 fully saturated rings. The van der Waals surface area contributed by atoms with Crippen LogP contribution in [0.2, 0.25) is 0 Å². The first-order valence-electron chi connectivity index (χ1n) is 8.14. The standard InChI is InChI=1S/C17H25N3O3/c1-12(19-17(18)22)16(21)20-14-7-9-15(10-8-14)23-11-13-5-3-2-4-6-13/h7-10,12-13H,2-6,11H2,1H3,(H,20,21)(H3,18,19,22)/t12-/m0/s1. The van der Waals surface area contributed by atoms with Gasteiger partial charge in [-0.15, -0.1) is 0 Å². The van der Waals surface area contributed by atoms with Crippen molar-refractivity contribution in [3.63, 3.8) is 0 Å². The molecule has 126 valence electrons. The monoisotopic (exact) mass is 319 g/mol. The van der Waals surface area contributed by atoms with E-state index in [0.717, 1.165) is 12.4 Å². The number of nitrogens with two attached hydrogens (primary N) is 1. The molecule has 0 heterocycles. The van der Waals surface area contributed by atoms with E-state index >= 15 is 0 Å². The van der Waals surface area contributed by atoms with Crippen molar-refractivity contribution in [2.75, 3.05) is 11.9 Å². The summed E-state index contributed by atoms with van der Waals surface area (Å²) in [6, 6.07) is 5.83. The van der Waals surface area contributed by atoms with Crippen molar-refractivity contribution < 1.29 is 14.3 Å². The fourth-order valence-electron chi connectivity index (χ4n) is 2.73. The highest BCUT2D eigenvalue weighted by Gasteiger charge is 2.15. The number of ether oxygens (including phenoxy) is 1. The van der Waals surface area contributed by atoms with Crippen LogP contribution in [0.25, 0.3) is 0 Å². The zero-order chi connectivity index (χ0) is 16.7. The number of amides is 3. The van der Waals surface area contributed by atoms with Crippen LogP contribution in [0.3, 0.4) is 0 Å². The Morgan fingerprint density at radius 2 is 1.87 bits per heavy atom. The van der Waals surface area contributed by atoms with Crippen LogP contribution in [0.5, 0.6) is 5.75 Å². The molecule has 0 bridgehead atoms. The molecule has 6 nitrogen and oxygen atoms in total. The molecule has 0 radical (unpaired) electrons.